The van der Waals surface area contributed by atoms with E-state index >= 15 is 0 Å². The summed E-state index contributed by atoms with van der Waals surface area (Å²) in [4.78, 5) is 12.8. The molecule has 4 rings (SSSR count). The maximum absolute atomic E-state index is 12.8. The van der Waals surface area contributed by atoms with Crippen molar-refractivity contribution < 1.29 is 9.32 Å². The summed E-state index contributed by atoms with van der Waals surface area (Å²) < 4.78 is 5.55. The standard InChI is InChI=1S/C23H20N2O2/c1-3-16-6-4-5-7-20(16)24-23(26)18-12-13-21-19(14-18)22(27-25-21)17-10-8-15(2)9-11-17/h4-14H,3H2,1-2H3,(H,24,26). The quantitative estimate of drug-likeness (QED) is 0.516. The number of aryl methyl sites for hydroxylation is 2. The molecular formula is C23H20N2O2. The van der Waals surface area contributed by atoms with Crippen molar-refractivity contribution in [3.63, 3.8) is 0 Å². The lowest BCUT2D eigenvalue weighted by Crippen LogP contribution is -2.13. The minimum atomic E-state index is -0.145. The number of anilines is 1. The Balaban J connectivity index is 1.69. The van der Waals surface area contributed by atoms with Crippen molar-refractivity contribution in [1.82, 2.24) is 5.16 Å². The molecule has 0 spiro atoms. The van der Waals surface area contributed by atoms with Crippen molar-refractivity contribution >= 4 is 22.5 Å². The predicted molar refractivity (Wildman–Crippen MR) is 108 cm³/mol. The zero-order valence-corrected chi connectivity index (χ0v) is 15.3. The highest BCUT2D eigenvalue weighted by molar-refractivity contribution is 6.07. The molecule has 4 aromatic rings. The van der Waals surface area contributed by atoms with E-state index in [1.54, 1.807) is 6.07 Å². The summed E-state index contributed by atoms with van der Waals surface area (Å²) in [6.07, 6.45) is 0.860. The predicted octanol–water partition coefficient (Wildman–Crippen LogP) is 5.62. The van der Waals surface area contributed by atoms with E-state index in [2.05, 4.69) is 17.4 Å². The van der Waals surface area contributed by atoms with Crippen molar-refractivity contribution in [1.29, 1.82) is 0 Å². The van der Waals surface area contributed by atoms with E-state index in [-0.39, 0.29) is 5.91 Å². The third kappa shape index (κ3) is 3.34. The molecule has 0 radical (unpaired) electrons. The normalized spacial score (nSPS) is 10.9. The van der Waals surface area contributed by atoms with Gasteiger partial charge in [0.25, 0.3) is 5.91 Å². The van der Waals surface area contributed by atoms with Crippen LogP contribution in [0.25, 0.3) is 22.2 Å². The largest absolute Gasteiger partial charge is 0.355 e. The SMILES string of the molecule is CCc1ccccc1NC(=O)c1ccc2noc(-c3ccc(C)cc3)c2c1. The van der Waals surface area contributed by atoms with Crippen LogP contribution in [-0.2, 0) is 6.42 Å². The molecule has 4 heteroatoms. The Morgan fingerprint density at radius 3 is 2.59 bits per heavy atom. The third-order valence-electron chi connectivity index (χ3n) is 4.70. The number of nitrogens with one attached hydrogen (secondary N) is 1. The first-order valence-corrected chi connectivity index (χ1v) is 9.01. The summed E-state index contributed by atoms with van der Waals surface area (Å²) in [5.74, 6) is 0.530. The van der Waals surface area contributed by atoms with Gasteiger partial charge in [-0.25, -0.2) is 0 Å². The molecular weight excluding hydrogens is 336 g/mol. The Bertz CT molecular complexity index is 1110. The molecule has 0 fully saturated rings. The molecule has 3 aromatic carbocycles. The molecule has 1 N–H and O–H groups in total. The second kappa shape index (κ2) is 7.08. The molecule has 0 saturated carbocycles. The average molecular weight is 356 g/mol. The van der Waals surface area contributed by atoms with Crippen molar-refractivity contribution in [3.05, 3.63) is 83.4 Å². The lowest BCUT2D eigenvalue weighted by Gasteiger charge is -2.09. The smallest absolute Gasteiger partial charge is 0.255 e. The van der Waals surface area contributed by atoms with Crippen LogP contribution in [0.3, 0.4) is 0 Å². The van der Waals surface area contributed by atoms with Crippen LogP contribution in [0.2, 0.25) is 0 Å². The Hall–Kier alpha value is -3.40. The summed E-state index contributed by atoms with van der Waals surface area (Å²) in [5.41, 5.74) is 5.38. The fraction of sp³-hybridized carbons (Fsp3) is 0.130. The van der Waals surface area contributed by atoms with Gasteiger partial charge in [0.15, 0.2) is 5.76 Å². The van der Waals surface area contributed by atoms with Crippen molar-refractivity contribution in [2.45, 2.75) is 20.3 Å². The number of hydrogen-bond donors (Lipinski definition) is 1. The number of para-hydroxylation sites is 1. The van der Waals surface area contributed by atoms with Gasteiger partial charge in [-0.05, 0) is 43.2 Å². The molecule has 0 aliphatic rings. The molecule has 1 heterocycles. The summed E-state index contributed by atoms with van der Waals surface area (Å²) in [6.45, 7) is 4.11. The number of carbonyl (C=O) groups is 1. The van der Waals surface area contributed by atoms with Crippen LogP contribution in [0, 0.1) is 6.92 Å². The van der Waals surface area contributed by atoms with E-state index in [4.69, 9.17) is 4.52 Å². The molecule has 27 heavy (non-hydrogen) atoms. The monoisotopic (exact) mass is 356 g/mol. The second-order valence-electron chi connectivity index (χ2n) is 6.57. The van der Waals surface area contributed by atoms with Gasteiger partial charge in [-0.1, -0.05) is 60.1 Å². The van der Waals surface area contributed by atoms with Crippen molar-refractivity contribution in [3.8, 4) is 11.3 Å². The Morgan fingerprint density at radius 1 is 1.04 bits per heavy atom. The Labute approximate surface area is 157 Å². The topological polar surface area (TPSA) is 55.1 Å². The third-order valence-corrected chi connectivity index (χ3v) is 4.70. The van der Waals surface area contributed by atoms with Gasteiger partial charge in [-0.2, -0.15) is 0 Å². The number of aromatic nitrogens is 1. The zero-order chi connectivity index (χ0) is 18.8. The summed E-state index contributed by atoms with van der Waals surface area (Å²) in [5, 5.41) is 7.96. The highest BCUT2D eigenvalue weighted by atomic mass is 16.5. The first kappa shape index (κ1) is 17.0. The minimum absolute atomic E-state index is 0.145. The van der Waals surface area contributed by atoms with E-state index < -0.39 is 0 Å². The van der Waals surface area contributed by atoms with E-state index in [9.17, 15) is 4.79 Å². The second-order valence-corrected chi connectivity index (χ2v) is 6.57. The summed E-state index contributed by atoms with van der Waals surface area (Å²) in [7, 11) is 0. The lowest BCUT2D eigenvalue weighted by molar-refractivity contribution is 0.102. The lowest BCUT2D eigenvalue weighted by atomic mass is 10.0. The van der Waals surface area contributed by atoms with Crippen LogP contribution in [0.4, 0.5) is 5.69 Å². The maximum Gasteiger partial charge on any atom is 0.255 e. The highest BCUT2D eigenvalue weighted by Gasteiger charge is 2.15. The van der Waals surface area contributed by atoms with Crippen LogP contribution in [0.1, 0.15) is 28.4 Å². The molecule has 0 aliphatic heterocycles. The number of fused-ring (bicyclic) bond motifs is 1. The first-order valence-electron chi connectivity index (χ1n) is 9.01. The fourth-order valence-electron chi connectivity index (χ4n) is 3.14. The highest BCUT2D eigenvalue weighted by Crippen LogP contribution is 2.30. The molecule has 1 aromatic heterocycles. The first-order chi connectivity index (χ1) is 13.2. The fourth-order valence-corrected chi connectivity index (χ4v) is 3.14. The molecule has 134 valence electrons. The molecule has 0 aliphatic carbocycles. The van der Waals surface area contributed by atoms with E-state index in [1.165, 1.54) is 5.56 Å². The van der Waals surface area contributed by atoms with Crippen molar-refractivity contribution in [2.75, 3.05) is 5.32 Å². The number of hydrogen-bond acceptors (Lipinski definition) is 3. The Kier molecular flexibility index (Phi) is 4.47. The van der Waals surface area contributed by atoms with Gasteiger partial charge < -0.3 is 9.84 Å². The van der Waals surface area contributed by atoms with Gasteiger partial charge >= 0.3 is 0 Å². The van der Waals surface area contributed by atoms with Gasteiger partial charge in [0.05, 0.1) is 5.39 Å². The van der Waals surface area contributed by atoms with Gasteiger partial charge in [0.1, 0.15) is 5.52 Å². The van der Waals surface area contributed by atoms with E-state index in [0.717, 1.165) is 34.1 Å². The number of rotatable bonds is 4. The minimum Gasteiger partial charge on any atom is -0.355 e. The van der Waals surface area contributed by atoms with Gasteiger partial charge in [-0.15, -0.1) is 0 Å². The van der Waals surface area contributed by atoms with Crippen LogP contribution in [0.15, 0.2) is 71.3 Å². The molecule has 0 saturated heterocycles. The van der Waals surface area contributed by atoms with Gasteiger partial charge in [-0.3, -0.25) is 4.79 Å². The van der Waals surface area contributed by atoms with Gasteiger partial charge in [0.2, 0.25) is 0 Å². The molecule has 4 nitrogen and oxygen atoms in total. The number of benzene rings is 3. The van der Waals surface area contributed by atoms with Crippen molar-refractivity contribution in [2.24, 2.45) is 0 Å². The molecule has 1 amide bonds. The van der Waals surface area contributed by atoms with Crippen LogP contribution < -0.4 is 5.32 Å². The zero-order valence-electron chi connectivity index (χ0n) is 15.3. The number of amides is 1. The summed E-state index contributed by atoms with van der Waals surface area (Å²) in [6, 6.07) is 21.3. The molecule has 0 unspecified atom stereocenters. The molecule has 0 bridgehead atoms. The van der Waals surface area contributed by atoms with Crippen LogP contribution in [0.5, 0.6) is 0 Å². The maximum atomic E-state index is 12.8. The number of carbonyl (C=O) groups excluding carboxylic acids is 1. The van der Waals surface area contributed by atoms with Crippen LogP contribution in [-0.4, -0.2) is 11.1 Å². The molecule has 0 atom stereocenters. The van der Waals surface area contributed by atoms with Gasteiger partial charge in [0, 0.05) is 16.8 Å². The van der Waals surface area contributed by atoms with Crippen LogP contribution >= 0.6 is 0 Å². The summed E-state index contributed by atoms with van der Waals surface area (Å²) >= 11 is 0. The number of nitrogens with zero attached hydrogens (tertiary/aromatic N) is 1. The average Bonchev–Trinajstić information content (AvgIpc) is 3.12. The van der Waals surface area contributed by atoms with E-state index in [0.29, 0.717) is 11.3 Å². The van der Waals surface area contributed by atoms with E-state index in [1.807, 2.05) is 67.6 Å². The Morgan fingerprint density at radius 2 is 1.81 bits per heavy atom.